The molecule has 1 heterocycles. The van der Waals surface area contributed by atoms with Crippen LogP contribution in [0.25, 0.3) is 0 Å². The highest BCUT2D eigenvalue weighted by atomic mass is 35.5. The summed E-state index contributed by atoms with van der Waals surface area (Å²) in [6, 6.07) is 7.03. The van der Waals surface area contributed by atoms with Gasteiger partial charge in [0.25, 0.3) is 0 Å². The molecule has 1 aliphatic heterocycles. The number of fused-ring (bicyclic) bond motifs is 5. The quantitative estimate of drug-likeness (QED) is 0.583. The molecule has 0 radical (unpaired) electrons. The topological polar surface area (TPSA) is 37.4 Å². The van der Waals surface area contributed by atoms with Crippen molar-refractivity contribution in [3.05, 3.63) is 41.4 Å². The van der Waals surface area contributed by atoms with E-state index >= 15 is 0 Å². The smallest absolute Gasteiger partial charge is 0.238 e. The van der Waals surface area contributed by atoms with Gasteiger partial charge in [0.1, 0.15) is 0 Å². The number of rotatable bonds is 1. The van der Waals surface area contributed by atoms with Gasteiger partial charge in [-0.1, -0.05) is 35.9 Å². The van der Waals surface area contributed by atoms with Crippen molar-refractivity contribution in [2.24, 2.45) is 23.7 Å². The summed E-state index contributed by atoms with van der Waals surface area (Å²) in [7, 11) is 0. The summed E-state index contributed by atoms with van der Waals surface area (Å²) in [6.45, 7) is 0. The maximum Gasteiger partial charge on any atom is 0.238 e. The number of nitrogens with zero attached hydrogens (tertiary/aromatic N) is 1. The van der Waals surface area contributed by atoms with Crippen LogP contribution in [0.1, 0.15) is 6.42 Å². The van der Waals surface area contributed by atoms with E-state index in [9.17, 15) is 9.59 Å². The fourth-order valence-corrected chi connectivity index (χ4v) is 3.99. The number of halogens is 1. The minimum absolute atomic E-state index is 0.0834. The van der Waals surface area contributed by atoms with Crippen molar-refractivity contribution >= 4 is 29.1 Å². The molecule has 4 heteroatoms. The molecule has 0 spiro atoms. The zero-order valence-corrected chi connectivity index (χ0v) is 10.9. The SMILES string of the molecule is O=C1[C@H]2[C@H](C(=O)N1c1ccccc1Cl)[C@H]1C=C[C@H]2C1. The number of para-hydroxylation sites is 1. The molecule has 1 saturated heterocycles. The van der Waals surface area contributed by atoms with E-state index in [-0.39, 0.29) is 35.5 Å². The predicted octanol–water partition coefficient (Wildman–Crippen LogP) is 2.65. The molecule has 1 saturated carbocycles. The lowest BCUT2D eigenvalue weighted by Crippen LogP contribution is -2.33. The first-order valence-electron chi connectivity index (χ1n) is 6.49. The Hall–Kier alpha value is -1.61. The van der Waals surface area contributed by atoms with Gasteiger partial charge in [0.15, 0.2) is 0 Å². The predicted molar refractivity (Wildman–Crippen MR) is 71.7 cm³/mol. The van der Waals surface area contributed by atoms with E-state index in [1.807, 2.05) is 0 Å². The Morgan fingerprint density at radius 1 is 1.00 bits per heavy atom. The maximum atomic E-state index is 12.6. The van der Waals surface area contributed by atoms with Crippen LogP contribution in [0.2, 0.25) is 5.02 Å². The van der Waals surface area contributed by atoms with Crippen molar-refractivity contribution in [1.82, 2.24) is 0 Å². The van der Waals surface area contributed by atoms with Crippen molar-refractivity contribution in [2.75, 3.05) is 4.90 Å². The molecule has 19 heavy (non-hydrogen) atoms. The minimum atomic E-state index is -0.168. The van der Waals surface area contributed by atoms with Gasteiger partial charge in [-0.3, -0.25) is 9.59 Å². The Morgan fingerprint density at radius 3 is 2.16 bits per heavy atom. The van der Waals surface area contributed by atoms with Crippen LogP contribution >= 0.6 is 11.6 Å². The minimum Gasteiger partial charge on any atom is -0.274 e. The Labute approximate surface area is 115 Å². The number of carbonyl (C=O) groups excluding carboxylic acids is 2. The van der Waals surface area contributed by atoms with E-state index in [2.05, 4.69) is 12.2 Å². The second kappa shape index (κ2) is 3.70. The van der Waals surface area contributed by atoms with E-state index in [1.165, 1.54) is 4.90 Å². The van der Waals surface area contributed by atoms with Crippen LogP contribution in [0.5, 0.6) is 0 Å². The number of hydrogen-bond donors (Lipinski definition) is 0. The summed E-state index contributed by atoms with van der Waals surface area (Å²) in [6.07, 6.45) is 5.13. The molecular weight excluding hydrogens is 262 g/mol. The highest BCUT2D eigenvalue weighted by Gasteiger charge is 2.59. The second-order valence-corrected chi connectivity index (χ2v) is 5.87. The monoisotopic (exact) mass is 273 g/mol. The first-order chi connectivity index (χ1) is 9.18. The molecule has 2 fully saturated rings. The molecule has 0 N–H and O–H groups in total. The molecule has 2 bridgehead atoms. The Kier molecular flexibility index (Phi) is 2.19. The number of hydrogen-bond acceptors (Lipinski definition) is 2. The average molecular weight is 274 g/mol. The number of amides is 2. The zero-order chi connectivity index (χ0) is 13.1. The van der Waals surface area contributed by atoms with Crippen molar-refractivity contribution in [3.63, 3.8) is 0 Å². The lowest BCUT2D eigenvalue weighted by molar-refractivity contribution is -0.123. The van der Waals surface area contributed by atoms with Gasteiger partial charge in [0.05, 0.1) is 22.5 Å². The summed E-state index contributed by atoms with van der Waals surface area (Å²) >= 11 is 6.12. The molecule has 3 aliphatic rings. The fourth-order valence-electron chi connectivity index (χ4n) is 3.77. The van der Waals surface area contributed by atoms with Crippen LogP contribution in [-0.2, 0) is 9.59 Å². The molecule has 3 nitrogen and oxygen atoms in total. The van der Waals surface area contributed by atoms with Crippen LogP contribution in [0.3, 0.4) is 0 Å². The van der Waals surface area contributed by atoms with Crippen LogP contribution in [-0.4, -0.2) is 11.8 Å². The van der Waals surface area contributed by atoms with Gasteiger partial charge in [-0.2, -0.15) is 0 Å². The normalized spacial score (nSPS) is 35.3. The van der Waals surface area contributed by atoms with E-state index in [4.69, 9.17) is 11.6 Å². The first-order valence-corrected chi connectivity index (χ1v) is 6.87. The summed E-state index contributed by atoms with van der Waals surface area (Å²) in [5, 5.41) is 0.449. The highest BCUT2D eigenvalue weighted by molar-refractivity contribution is 6.36. The van der Waals surface area contributed by atoms with Gasteiger partial charge in [-0.05, 0) is 30.4 Å². The molecule has 4 atom stereocenters. The number of allylic oxidation sites excluding steroid dienone is 2. The zero-order valence-electron chi connectivity index (χ0n) is 10.1. The van der Waals surface area contributed by atoms with E-state index < -0.39 is 0 Å². The molecule has 2 aliphatic carbocycles. The van der Waals surface area contributed by atoms with Crippen LogP contribution in [0.15, 0.2) is 36.4 Å². The van der Waals surface area contributed by atoms with Crippen molar-refractivity contribution < 1.29 is 9.59 Å². The van der Waals surface area contributed by atoms with Gasteiger partial charge in [-0.15, -0.1) is 0 Å². The standard InChI is InChI=1S/C15H12ClNO2/c16-10-3-1-2-4-11(10)17-14(18)12-8-5-6-9(7-8)13(12)15(17)19/h1-6,8-9,12-13H,7H2/t8-,9-,12+,13+/m0/s1. The van der Waals surface area contributed by atoms with Gasteiger partial charge in [-0.25, -0.2) is 4.90 Å². The summed E-state index contributed by atoms with van der Waals surface area (Å²) in [4.78, 5) is 26.4. The third kappa shape index (κ3) is 1.34. The molecule has 0 aromatic heterocycles. The van der Waals surface area contributed by atoms with Gasteiger partial charge >= 0.3 is 0 Å². The van der Waals surface area contributed by atoms with Gasteiger partial charge in [0.2, 0.25) is 11.8 Å². The van der Waals surface area contributed by atoms with Crippen molar-refractivity contribution in [1.29, 1.82) is 0 Å². The number of carbonyl (C=O) groups is 2. The molecule has 1 aromatic carbocycles. The highest BCUT2D eigenvalue weighted by Crippen LogP contribution is 2.53. The molecule has 96 valence electrons. The van der Waals surface area contributed by atoms with E-state index in [1.54, 1.807) is 24.3 Å². The Balaban J connectivity index is 1.79. The Bertz CT molecular complexity index is 594. The molecule has 4 rings (SSSR count). The molecule has 2 amide bonds. The lowest BCUT2D eigenvalue weighted by Gasteiger charge is -2.18. The van der Waals surface area contributed by atoms with E-state index in [0.717, 1.165) is 6.42 Å². The first kappa shape index (κ1) is 11.2. The lowest BCUT2D eigenvalue weighted by atomic mass is 9.85. The molecular formula is C15H12ClNO2. The van der Waals surface area contributed by atoms with Crippen molar-refractivity contribution in [3.8, 4) is 0 Å². The Morgan fingerprint density at radius 2 is 1.58 bits per heavy atom. The fraction of sp³-hybridized carbons (Fsp3) is 0.333. The van der Waals surface area contributed by atoms with Gasteiger partial charge < -0.3 is 0 Å². The average Bonchev–Trinajstić information content (AvgIpc) is 3.06. The third-order valence-electron chi connectivity index (χ3n) is 4.56. The van der Waals surface area contributed by atoms with Gasteiger partial charge in [0, 0.05) is 0 Å². The third-order valence-corrected chi connectivity index (χ3v) is 4.88. The van der Waals surface area contributed by atoms with Crippen LogP contribution in [0, 0.1) is 23.7 Å². The van der Waals surface area contributed by atoms with Crippen molar-refractivity contribution in [2.45, 2.75) is 6.42 Å². The summed E-state index contributed by atoms with van der Waals surface area (Å²) in [5.41, 5.74) is 0.521. The van der Waals surface area contributed by atoms with E-state index in [0.29, 0.717) is 10.7 Å². The number of imide groups is 1. The number of benzene rings is 1. The summed E-state index contributed by atoms with van der Waals surface area (Å²) in [5.74, 6) is -0.0321. The maximum absolute atomic E-state index is 12.6. The largest absolute Gasteiger partial charge is 0.274 e. The second-order valence-electron chi connectivity index (χ2n) is 5.46. The van der Waals surface area contributed by atoms with Crippen LogP contribution in [0.4, 0.5) is 5.69 Å². The number of anilines is 1. The molecule has 1 aromatic rings. The van der Waals surface area contributed by atoms with Crippen LogP contribution < -0.4 is 4.90 Å². The molecule has 0 unspecified atom stereocenters. The summed E-state index contributed by atoms with van der Waals surface area (Å²) < 4.78 is 0.